The number of piperazine rings is 1. The number of carbonyl (C=O) groups excluding carboxylic acids is 2. The number of halogens is 1. The van der Waals surface area contributed by atoms with Crippen molar-refractivity contribution >= 4 is 28.3 Å². The third-order valence-corrected chi connectivity index (χ3v) is 5.02. The van der Waals surface area contributed by atoms with Crippen LogP contribution in [0.2, 0.25) is 0 Å². The maximum absolute atomic E-state index is 13.1. The number of fused-ring (bicyclic) bond motifs is 1. The first-order chi connectivity index (χ1) is 14.1. The molecule has 148 valence electrons. The van der Waals surface area contributed by atoms with E-state index in [1.807, 2.05) is 24.3 Å². The lowest BCUT2D eigenvalue weighted by Gasteiger charge is -2.36. The summed E-state index contributed by atoms with van der Waals surface area (Å²) >= 11 is 0. The third-order valence-electron chi connectivity index (χ3n) is 5.02. The van der Waals surface area contributed by atoms with Gasteiger partial charge >= 0.3 is 5.97 Å². The Labute approximate surface area is 167 Å². The highest BCUT2D eigenvalue weighted by atomic mass is 19.1. The van der Waals surface area contributed by atoms with E-state index in [1.165, 1.54) is 12.1 Å². The highest BCUT2D eigenvalue weighted by Crippen LogP contribution is 2.18. The molecule has 4 rings (SSSR count). The van der Waals surface area contributed by atoms with Gasteiger partial charge < -0.3 is 14.5 Å². The van der Waals surface area contributed by atoms with E-state index in [9.17, 15) is 14.0 Å². The lowest BCUT2D eigenvalue weighted by atomic mass is 10.1. The van der Waals surface area contributed by atoms with Crippen LogP contribution in [0.25, 0.3) is 10.8 Å². The standard InChI is InChI=1S/C22H20FN3O3/c23-17-5-7-18(8-6-17)25-11-13-26(14-12-25)20(27)15-29-22(28)21-19-4-2-1-3-16(19)9-10-24-21/h1-10H,11-15H2. The molecule has 0 aliphatic carbocycles. The summed E-state index contributed by atoms with van der Waals surface area (Å²) in [6, 6.07) is 15.5. The fourth-order valence-corrected chi connectivity index (χ4v) is 3.44. The van der Waals surface area contributed by atoms with Gasteiger partial charge in [-0.05, 0) is 35.7 Å². The number of hydrogen-bond acceptors (Lipinski definition) is 5. The van der Waals surface area contributed by atoms with Crippen molar-refractivity contribution in [2.75, 3.05) is 37.7 Å². The van der Waals surface area contributed by atoms with E-state index in [1.54, 1.807) is 29.3 Å². The number of rotatable bonds is 4. The summed E-state index contributed by atoms with van der Waals surface area (Å²) in [5.74, 6) is -1.12. The Morgan fingerprint density at radius 3 is 2.45 bits per heavy atom. The van der Waals surface area contributed by atoms with Gasteiger partial charge in [0, 0.05) is 43.4 Å². The van der Waals surface area contributed by atoms with Gasteiger partial charge in [0.25, 0.3) is 5.91 Å². The molecule has 0 spiro atoms. The van der Waals surface area contributed by atoms with E-state index >= 15 is 0 Å². The fraction of sp³-hybridized carbons (Fsp3) is 0.227. The zero-order chi connectivity index (χ0) is 20.2. The Hall–Kier alpha value is -3.48. The molecule has 7 heteroatoms. The molecule has 0 atom stereocenters. The number of benzene rings is 2. The second kappa shape index (κ2) is 8.26. The highest BCUT2D eigenvalue weighted by molar-refractivity contribution is 6.03. The molecular formula is C22H20FN3O3. The molecule has 0 saturated carbocycles. The summed E-state index contributed by atoms with van der Waals surface area (Å²) in [6.07, 6.45) is 1.55. The zero-order valence-corrected chi connectivity index (χ0v) is 15.8. The number of nitrogens with zero attached hydrogens (tertiary/aromatic N) is 3. The number of amides is 1. The summed E-state index contributed by atoms with van der Waals surface area (Å²) in [6.45, 7) is 1.98. The smallest absolute Gasteiger partial charge is 0.358 e. The Morgan fingerprint density at radius 2 is 1.69 bits per heavy atom. The minimum absolute atomic E-state index is 0.206. The molecule has 3 aromatic rings. The van der Waals surface area contributed by atoms with E-state index in [-0.39, 0.29) is 24.0 Å². The molecule has 1 aromatic heterocycles. The molecule has 6 nitrogen and oxygen atoms in total. The average molecular weight is 393 g/mol. The first-order valence-corrected chi connectivity index (χ1v) is 9.41. The van der Waals surface area contributed by atoms with E-state index in [2.05, 4.69) is 9.88 Å². The Bertz CT molecular complexity index is 1030. The number of esters is 1. The van der Waals surface area contributed by atoms with Gasteiger partial charge in [-0.3, -0.25) is 4.79 Å². The monoisotopic (exact) mass is 393 g/mol. The van der Waals surface area contributed by atoms with Gasteiger partial charge in [-0.1, -0.05) is 24.3 Å². The molecule has 1 aliphatic rings. The quantitative estimate of drug-likeness (QED) is 0.638. The molecular weight excluding hydrogens is 373 g/mol. The molecule has 0 unspecified atom stereocenters. The lowest BCUT2D eigenvalue weighted by Crippen LogP contribution is -2.49. The van der Waals surface area contributed by atoms with Crippen molar-refractivity contribution in [3.05, 3.63) is 72.3 Å². The van der Waals surface area contributed by atoms with Crippen molar-refractivity contribution in [2.45, 2.75) is 0 Å². The average Bonchev–Trinajstić information content (AvgIpc) is 2.77. The fourth-order valence-electron chi connectivity index (χ4n) is 3.44. The van der Waals surface area contributed by atoms with Crippen LogP contribution in [0.15, 0.2) is 60.8 Å². The van der Waals surface area contributed by atoms with Crippen molar-refractivity contribution in [3.8, 4) is 0 Å². The minimum atomic E-state index is -0.611. The number of ether oxygens (including phenoxy) is 1. The normalized spacial score (nSPS) is 14.1. The number of carbonyl (C=O) groups is 2. The molecule has 0 N–H and O–H groups in total. The van der Waals surface area contributed by atoms with E-state index in [0.717, 1.165) is 11.1 Å². The Balaban J connectivity index is 1.32. The van der Waals surface area contributed by atoms with Crippen LogP contribution in [0, 0.1) is 5.82 Å². The predicted molar refractivity (Wildman–Crippen MR) is 107 cm³/mol. The summed E-state index contributed by atoms with van der Waals surface area (Å²) < 4.78 is 18.3. The number of pyridine rings is 1. The number of anilines is 1. The Morgan fingerprint density at radius 1 is 0.966 bits per heavy atom. The van der Waals surface area contributed by atoms with Gasteiger partial charge in [0.05, 0.1) is 0 Å². The molecule has 2 aromatic carbocycles. The molecule has 29 heavy (non-hydrogen) atoms. The van der Waals surface area contributed by atoms with E-state index < -0.39 is 5.97 Å². The third kappa shape index (κ3) is 4.18. The second-order valence-corrected chi connectivity index (χ2v) is 6.80. The Kier molecular flexibility index (Phi) is 5.37. The summed E-state index contributed by atoms with van der Waals surface area (Å²) in [5, 5.41) is 1.58. The van der Waals surface area contributed by atoms with E-state index in [0.29, 0.717) is 31.6 Å². The summed E-state index contributed by atoms with van der Waals surface area (Å²) in [7, 11) is 0. The van der Waals surface area contributed by atoms with Gasteiger partial charge in [0.15, 0.2) is 12.3 Å². The molecule has 1 amide bonds. The lowest BCUT2D eigenvalue weighted by molar-refractivity contribution is -0.134. The van der Waals surface area contributed by atoms with Crippen molar-refractivity contribution in [1.29, 1.82) is 0 Å². The largest absolute Gasteiger partial charge is 0.451 e. The van der Waals surface area contributed by atoms with Crippen LogP contribution < -0.4 is 4.90 Å². The van der Waals surface area contributed by atoms with Crippen LogP contribution in [0.1, 0.15) is 10.5 Å². The van der Waals surface area contributed by atoms with Crippen LogP contribution in [-0.2, 0) is 9.53 Å². The predicted octanol–water partition coefficient (Wildman–Crippen LogP) is 2.88. The van der Waals surface area contributed by atoms with Gasteiger partial charge in [0.2, 0.25) is 0 Å². The summed E-state index contributed by atoms with van der Waals surface area (Å²) in [4.78, 5) is 32.7. The van der Waals surface area contributed by atoms with Crippen LogP contribution in [0.4, 0.5) is 10.1 Å². The molecule has 0 radical (unpaired) electrons. The van der Waals surface area contributed by atoms with Crippen molar-refractivity contribution in [3.63, 3.8) is 0 Å². The zero-order valence-electron chi connectivity index (χ0n) is 15.8. The van der Waals surface area contributed by atoms with Crippen LogP contribution in [0.3, 0.4) is 0 Å². The van der Waals surface area contributed by atoms with Gasteiger partial charge in [-0.2, -0.15) is 0 Å². The molecule has 1 aliphatic heterocycles. The summed E-state index contributed by atoms with van der Waals surface area (Å²) in [5.41, 5.74) is 1.13. The first kappa shape index (κ1) is 18.9. The topological polar surface area (TPSA) is 62.7 Å². The van der Waals surface area contributed by atoms with Crippen LogP contribution in [-0.4, -0.2) is 54.5 Å². The molecule has 1 fully saturated rings. The SMILES string of the molecule is O=C(OCC(=O)N1CCN(c2ccc(F)cc2)CC1)c1nccc2ccccc12. The number of hydrogen-bond donors (Lipinski definition) is 0. The van der Waals surface area contributed by atoms with Gasteiger partial charge in [0.1, 0.15) is 5.82 Å². The molecule has 1 saturated heterocycles. The van der Waals surface area contributed by atoms with Crippen LogP contribution in [0.5, 0.6) is 0 Å². The van der Waals surface area contributed by atoms with Crippen molar-refractivity contribution < 1.29 is 18.7 Å². The molecule has 0 bridgehead atoms. The van der Waals surface area contributed by atoms with Gasteiger partial charge in [-0.15, -0.1) is 0 Å². The molecule has 2 heterocycles. The van der Waals surface area contributed by atoms with Crippen molar-refractivity contribution in [2.24, 2.45) is 0 Å². The number of aromatic nitrogens is 1. The maximum atomic E-state index is 13.1. The van der Waals surface area contributed by atoms with Crippen LogP contribution >= 0.6 is 0 Å². The van der Waals surface area contributed by atoms with E-state index in [4.69, 9.17) is 4.74 Å². The second-order valence-electron chi connectivity index (χ2n) is 6.80. The first-order valence-electron chi connectivity index (χ1n) is 9.41. The van der Waals surface area contributed by atoms with Gasteiger partial charge in [-0.25, -0.2) is 14.2 Å². The maximum Gasteiger partial charge on any atom is 0.358 e. The minimum Gasteiger partial charge on any atom is -0.451 e. The van der Waals surface area contributed by atoms with Crippen molar-refractivity contribution in [1.82, 2.24) is 9.88 Å². The highest BCUT2D eigenvalue weighted by Gasteiger charge is 2.23.